The molecule has 3 aromatic rings. The molecule has 27 heavy (non-hydrogen) atoms. The van der Waals surface area contributed by atoms with Gasteiger partial charge < -0.3 is 14.8 Å². The van der Waals surface area contributed by atoms with Crippen molar-refractivity contribution in [3.63, 3.8) is 0 Å². The van der Waals surface area contributed by atoms with E-state index in [0.717, 1.165) is 11.1 Å². The van der Waals surface area contributed by atoms with Crippen LogP contribution in [0.15, 0.2) is 78.9 Å². The van der Waals surface area contributed by atoms with Crippen LogP contribution >= 0.6 is 0 Å². The molecule has 3 aromatic carbocycles. The van der Waals surface area contributed by atoms with Gasteiger partial charge in [0.15, 0.2) is 17.3 Å². The lowest BCUT2D eigenvalue weighted by Gasteiger charge is -2.16. The summed E-state index contributed by atoms with van der Waals surface area (Å²) in [7, 11) is 1.75. The normalized spacial score (nSPS) is 10.4. The Hall–Kier alpha value is -3.11. The summed E-state index contributed by atoms with van der Waals surface area (Å²) in [6, 6.07) is 25.2. The minimum atomic E-state index is -0.0364. The van der Waals surface area contributed by atoms with Crippen molar-refractivity contribution in [1.29, 1.82) is 0 Å². The third-order valence-electron chi connectivity index (χ3n) is 4.08. The molecular weight excluding hydrogens is 338 g/mol. The summed E-state index contributed by atoms with van der Waals surface area (Å²) in [5, 5.41) is 2.90. The first-order valence-electron chi connectivity index (χ1n) is 8.92. The van der Waals surface area contributed by atoms with E-state index < -0.39 is 0 Å². The predicted octanol–water partition coefficient (Wildman–Crippen LogP) is 4.25. The van der Waals surface area contributed by atoms with Gasteiger partial charge in [0.05, 0.1) is 12.1 Å². The number of rotatable bonds is 9. The summed E-state index contributed by atoms with van der Waals surface area (Å²) in [5.41, 5.74) is 2.60. The van der Waals surface area contributed by atoms with Crippen molar-refractivity contribution in [3.8, 4) is 11.5 Å². The number of carbonyl (C=O) groups is 1. The standard InChI is InChI=1S/C23H23NO3/c1-24-15-21(25)20-13-8-14-22(26-16-18-9-4-2-5-10-18)23(20)27-17-19-11-6-3-7-12-19/h2-14,24H,15-17H2,1H3. The topological polar surface area (TPSA) is 47.6 Å². The van der Waals surface area contributed by atoms with Gasteiger partial charge in [-0.25, -0.2) is 0 Å². The van der Waals surface area contributed by atoms with E-state index in [1.54, 1.807) is 13.1 Å². The zero-order valence-electron chi connectivity index (χ0n) is 15.4. The fourth-order valence-corrected chi connectivity index (χ4v) is 2.72. The molecule has 0 saturated heterocycles. The Bertz CT molecular complexity index is 863. The molecule has 0 saturated carbocycles. The number of Topliss-reactive ketones (excluding diaryl/α,β-unsaturated/α-hetero) is 1. The van der Waals surface area contributed by atoms with Crippen LogP contribution in [0.5, 0.6) is 11.5 Å². The van der Waals surface area contributed by atoms with Gasteiger partial charge in [0.1, 0.15) is 13.2 Å². The number of para-hydroxylation sites is 1. The van der Waals surface area contributed by atoms with Crippen molar-refractivity contribution in [1.82, 2.24) is 5.32 Å². The number of hydrogen-bond donors (Lipinski definition) is 1. The quantitative estimate of drug-likeness (QED) is 0.579. The number of benzene rings is 3. The Kier molecular flexibility index (Phi) is 6.61. The van der Waals surface area contributed by atoms with Gasteiger partial charge in [0.2, 0.25) is 0 Å². The Morgan fingerprint density at radius 1 is 0.778 bits per heavy atom. The molecule has 0 heterocycles. The molecule has 0 aromatic heterocycles. The highest BCUT2D eigenvalue weighted by Gasteiger charge is 2.17. The Labute approximate surface area is 159 Å². The SMILES string of the molecule is CNCC(=O)c1cccc(OCc2ccccc2)c1OCc1ccccc1. The van der Waals surface area contributed by atoms with Crippen LogP contribution in [0.1, 0.15) is 21.5 Å². The molecule has 0 spiro atoms. The summed E-state index contributed by atoms with van der Waals surface area (Å²) in [5.74, 6) is 1.01. The molecule has 0 radical (unpaired) electrons. The lowest BCUT2D eigenvalue weighted by atomic mass is 10.1. The first-order chi connectivity index (χ1) is 13.3. The van der Waals surface area contributed by atoms with Crippen LogP contribution in [-0.4, -0.2) is 19.4 Å². The van der Waals surface area contributed by atoms with Crippen molar-refractivity contribution in [2.75, 3.05) is 13.6 Å². The molecule has 4 nitrogen and oxygen atoms in total. The summed E-state index contributed by atoms with van der Waals surface area (Å²) >= 11 is 0. The van der Waals surface area contributed by atoms with Crippen molar-refractivity contribution < 1.29 is 14.3 Å². The van der Waals surface area contributed by atoms with E-state index in [-0.39, 0.29) is 12.3 Å². The minimum Gasteiger partial charge on any atom is -0.485 e. The molecule has 1 N–H and O–H groups in total. The van der Waals surface area contributed by atoms with E-state index in [9.17, 15) is 4.79 Å². The fraction of sp³-hybridized carbons (Fsp3) is 0.174. The van der Waals surface area contributed by atoms with E-state index in [1.165, 1.54) is 0 Å². The maximum Gasteiger partial charge on any atom is 0.180 e. The van der Waals surface area contributed by atoms with Gasteiger partial charge in [-0.3, -0.25) is 4.79 Å². The highest BCUT2D eigenvalue weighted by atomic mass is 16.5. The van der Waals surface area contributed by atoms with Crippen molar-refractivity contribution in [2.45, 2.75) is 13.2 Å². The van der Waals surface area contributed by atoms with Crippen LogP contribution in [0.25, 0.3) is 0 Å². The van der Waals surface area contributed by atoms with Gasteiger partial charge in [0, 0.05) is 0 Å². The lowest BCUT2D eigenvalue weighted by molar-refractivity contribution is 0.0988. The van der Waals surface area contributed by atoms with E-state index >= 15 is 0 Å². The largest absolute Gasteiger partial charge is 0.485 e. The second-order valence-corrected chi connectivity index (χ2v) is 6.13. The molecular formula is C23H23NO3. The van der Waals surface area contributed by atoms with E-state index in [1.807, 2.05) is 72.8 Å². The zero-order chi connectivity index (χ0) is 18.9. The molecule has 0 bridgehead atoms. The molecule has 138 valence electrons. The van der Waals surface area contributed by atoms with Gasteiger partial charge in [-0.05, 0) is 30.3 Å². The van der Waals surface area contributed by atoms with Gasteiger partial charge in [-0.15, -0.1) is 0 Å². The number of likely N-dealkylation sites (N-methyl/N-ethyl adjacent to an activating group) is 1. The second kappa shape index (κ2) is 9.55. The van der Waals surface area contributed by atoms with Crippen LogP contribution in [-0.2, 0) is 13.2 Å². The maximum atomic E-state index is 12.5. The van der Waals surface area contributed by atoms with Gasteiger partial charge in [0.25, 0.3) is 0 Å². The second-order valence-electron chi connectivity index (χ2n) is 6.13. The third-order valence-corrected chi connectivity index (χ3v) is 4.08. The summed E-state index contributed by atoms with van der Waals surface area (Å²) in [6.45, 7) is 1.02. The number of nitrogens with one attached hydrogen (secondary N) is 1. The van der Waals surface area contributed by atoms with Crippen LogP contribution in [0.3, 0.4) is 0 Å². The summed E-state index contributed by atoms with van der Waals surface area (Å²) in [4.78, 5) is 12.5. The molecule has 0 fully saturated rings. The molecule has 0 aliphatic heterocycles. The van der Waals surface area contributed by atoms with Gasteiger partial charge >= 0.3 is 0 Å². The number of carbonyl (C=O) groups excluding carboxylic acids is 1. The lowest BCUT2D eigenvalue weighted by Crippen LogP contribution is -2.19. The first kappa shape index (κ1) is 18.7. The number of ether oxygens (including phenoxy) is 2. The Balaban J connectivity index is 1.84. The van der Waals surface area contributed by atoms with E-state index in [0.29, 0.717) is 30.3 Å². The molecule has 4 heteroatoms. The molecule has 0 amide bonds. The van der Waals surface area contributed by atoms with Crippen molar-refractivity contribution >= 4 is 5.78 Å². The molecule has 0 atom stereocenters. The monoisotopic (exact) mass is 361 g/mol. The van der Waals surface area contributed by atoms with Crippen molar-refractivity contribution in [3.05, 3.63) is 95.6 Å². The molecule has 0 aliphatic rings. The van der Waals surface area contributed by atoms with Crippen molar-refractivity contribution in [2.24, 2.45) is 0 Å². The maximum absolute atomic E-state index is 12.5. The van der Waals surface area contributed by atoms with Gasteiger partial charge in [-0.2, -0.15) is 0 Å². The number of ketones is 1. The van der Waals surface area contributed by atoms with Crippen LogP contribution in [0.2, 0.25) is 0 Å². The minimum absolute atomic E-state index is 0.0364. The zero-order valence-corrected chi connectivity index (χ0v) is 15.4. The predicted molar refractivity (Wildman–Crippen MR) is 106 cm³/mol. The highest BCUT2D eigenvalue weighted by Crippen LogP contribution is 2.33. The summed E-state index contributed by atoms with van der Waals surface area (Å²) in [6.07, 6.45) is 0. The number of hydrogen-bond acceptors (Lipinski definition) is 4. The average molecular weight is 361 g/mol. The third kappa shape index (κ3) is 5.19. The molecule has 0 aliphatic carbocycles. The molecule has 3 rings (SSSR count). The Morgan fingerprint density at radius 3 is 1.96 bits per heavy atom. The van der Waals surface area contributed by atoms with Gasteiger partial charge in [-0.1, -0.05) is 66.7 Å². The fourth-order valence-electron chi connectivity index (χ4n) is 2.72. The highest BCUT2D eigenvalue weighted by molar-refractivity contribution is 6.00. The van der Waals surface area contributed by atoms with E-state index in [4.69, 9.17) is 9.47 Å². The van der Waals surface area contributed by atoms with Crippen LogP contribution < -0.4 is 14.8 Å². The van der Waals surface area contributed by atoms with Crippen LogP contribution in [0, 0.1) is 0 Å². The average Bonchev–Trinajstić information content (AvgIpc) is 2.72. The van der Waals surface area contributed by atoms with E-state index in [2.05, 4.69) is 5.32 Å². The first-order valence-corrected chi connectivity index (χ1v) is 8.92. The summed E-state index contributed by atoms with van der Waals surface area (Å²) < 4.78 is 12.0. The van der Waals surface area contributed by atoms with Crippen LogP contribution in [0.4, 0.5) is 0 Å². The smallest absolute Gasteiger partial charge is 0.180 e. The molecule has 0 unspecified atom stereocenters. The Morgan fingerprint density at radius 2 is 1.37 bits per heavy atom.